The van der Waals surface area contributed by atoms with E-state index in [1.807, 2.05) is 11.8 Å². The Bertz CT molecular complexity index is 801. The molecule has 1 amide bonds. The van der Waals surface area contributed by atoms with Gasteiger partial charge in [0.1, 0.15) is 5.75 Å². The Labute approximate surface area is 185 Å². The summed E-state index contributed by atoms with van der Waals surface area (Å²) in [5, 5.41) is 3.74. The molecular formula is C22H34N2O4S2. The van der Waals surface area contributed by atoms with Gasteiger partial charge in [-0.25, -0.2) is 8.42 Å². The molecule has 1 aromatic rings. The summed E-state index contributed by atoms with van der Waals surface area (Å²) in [6, 6.07) is 4.95. The molecule has 0 radical (unpaired) electrons. The molecular weight excluding hydrogens is 420 g/mol. The van der Waals surface area contributed by atoms with Crippen LogP contribution in [-0.2, 0) is 21.2 Å². The molecule has 1 aliphatic heterocycles. The minimum Gasteiger partial charge on any atom is -0.496 e. The van der Waals surface area contributed by atoms with Crippen LogP contribution in [0.2, 0.25) is 0 Å². The second kappa shape index (κ2) is 11.4. The van der Waals surface area contributed by atoms with Crippen LogP contribution in [0.15, 0.2) is 23.1 Å². The summed E-state index contributed by atoms with van der Waals surface area (Å²) in [6.45, 7) is 1.83. The number of aryl methyl sites for hydroxylation is 1. The van der Waals surface area contributed by atoms with Gasteiger partial charge in [0.05, 0.1) is 12.0 Å². The fourth-order valence-corrected chi connectivity index (χ4v) is 6.96. The lowest BCUT2D eigenvalue weighted by molar-refractivity contribution is -0.120. The van der Waals surface area contributed by atoms with Crippen molar-refractivity contribution in [2.45, 2.75) is 67.9 Å². The average molecular weight is 455 g/mol. The molecule has 8 heteroatoms. The van der Waals surface area contributed by atoms with Crippen LogP contribution in [0.5, 0.6) is 5.75 Å². The molecule has 1 aliphatic carbocycles. The molecule has 1 N–H and O–H groups in total. The standard InChI is InChI=1S/C22H34N2O4S2/c1-28-21-11-10-20(30(26,27)24-14-5-6-15-24)17-18(21)9-12-22(25)23-13-16-29-19-7-3-2-4-8-19/h10-11,17,19H,2-9,12-16H2,1H3,(H,23,25). The second-order valence-electron chi connectivity index (χ2n) is 8.07. The maximum absolute atomic E-state index is 12.8. The van der Waals surface area contributed by atoms with Crippen molar-refractivity contribution in [3.8, 4) is 5.75 Å². The molecule has 6 nitrogen and oxygen atoms in total. The molecule has 0 atom stereocenters. The van der Waals surface area contributed by atoms with Gasteiger partial charge in [-0.3, -0.25) is 4.79 Å². The van der Waals surface area contributed by atoms with Gasteiger partial charge in [0, 0.05) is 37.1 Å². The Morgan fingerprint density at radius 3 is 2.60 bits per heavy atom. The van der Waals surface area contributed by atoms with Crippen LogP contribution in [0.4, 0.5) is 0 Å². The van der Waals surface area contributed by atoms with Crippen molar-refractivity contribution in [2.75, 3.05) is 32.5 Å². The Balaban J connectivity index is 1.50. The number of carbonyl (C=O) groups is 1. The zero-order valence-corrected chi connectivity index (χ0v) is 19.5. The van der Waals surface area contributed by atoms with Crippen LogP contribution in [0.1, 0.15) is 56.9 Å². The summed E-state index contributed by atoms with van der Waals surface area (Å²) in [4.78, 5) is 12.6. The second-order valence-corrected chi connectivity index (χ2v) is 11.4. The SMILES string of the molecule is COc1ccc(S(=O)(=O)N2CCCC2)cc1CCC(=O)NCCSC1CCCCC1. The Hall–Kier alpha value is -1.25. The normalized spacial score (nSPS) is 18.4. The topological polar surface area (TPSA) is 75.7 Å². The Kier molecular flexibility index (Phi) is 8.89. The van der Waals surface area contributed by atoms with Crippen LogP contribution in [0, 0.1) is 0 Å². The molecule has 1 saturated carbocycles. The third-order valence-electron chi connectivity index (χ3n) is 5.91. The van der Waals surface area contributed by atoms with Crippen molar-refractivity contribution < 1.29 is 17.9 Å². The molecule has 0 aromatic heterocycles. The summed E-state index contributed by atoms with van der Waals surface area (Å²) < 4.78 is 32.6. The fraction of sp³-hybridized carbons (Fsp3) is 0.682. The molecule has 2 aliphatic rings. The minimum atomic E-state index is -3.48. The lowest BCUT2D eigenvalue weighted by atomic mass is 10.0. The summed E-state index contributed by atoms with van der Waals surface area (Å²) in [6.07, 6.45) is 9.20. The zero-order valence-electron chi connectivity index (χ0n) is 17.9. The lowest BCUT2D eigenvalue weighted by Crippen LogP contribution is -2.28. The van der Waals surface area contributed by atoms with Crippen LogP contribution < -0.4 is 10.1 Å². The largest absolute Gasteiger partial charge is 0.496 e. The predicted molar refractivity (Wildman–Crippen MR) is 122 cm³/mol. The molecule has 3 rings (SSSR count). The van der Waals surface area contributed by atoms with Gasteiger partial charge in [-0.1, -0.05) is 19.3 Å². The van der Waals surface area contributed by atoms with E-state index >= 15 is 0 Å². The molecule has 1 aromatic carbocycles. The Morgan fingerprint density at radius 1 is 1.17 bits per heavy atom. The predicted octanol–water partition coefficient (Wildman–Crippen LogP) is 3.59. The number of benzene rings is 1. The summed E-state index contributed by atoms with van der Waals surface area (Å²) >= 11 is 1.97. The number of methoxy groups -OCH3 is 1. The highest BCUT2D eigenvalue weighted by Gasteiger charge is 2.27. The first-order valence-electron chi connectivity index (χ1n) is 11.1. The van der Waals surface area contributed by atoms with Crippen LogP contribution in [-0.4, -0.2) is 56.4 Å². The van der Waals surface area contributed by atoms with E-state index in [1.165, 1.54) is 36.4 Å². The summed E-state index contributed by atoms with van der Waals surface area (Å²) in [5.41, 5.74) is 0.754. The molecule has 168 valence electrons. The first-order chi connectivity index (χ1) is 14.5. The number of rotatable bonds is 10. The van der Waals surface area contributed by atoms with Gasteiger partial charge < -0.3 is 10.1 Å². The quantitative estimate of drug-likeness (QED) is 0.547. The van der Waals surface area contributed by atoms with E-state index in [0.29, 0.717) is 38.2 Å². The number of thioether (sulfide) groups is 1. The number of hydrogen-bond acceptors (Lipinski definition) is 5. The van der Waals surface area contributed by atoms with Crippen molar-refractivity contribution in [1.29, 1.82) is 0 Å². The third kappa shape index (κ3) is 6.37. The summed E-state index contributed by atoms with van der Waals surface area (Å²) in [7, 11) is -1.91. The van der Waals surface area contributed by atoms with Crippen LogP contribution in [0.25, 0.3) is 0 Å². The van der Waals surface area contributed by atoms with Crippen molar-refractivity contribution in [1.82, 2.24) is 9.62 Å². The van der Waals surface area contributed by atoms with Gasteiger partial charge in [-0.2, -0.15) is 16.1 Å². The molecule has 0 spiro atoms. The maximum atomic E-state index is 12.8. The number of carbonyl (C=O) groups excluding carboxylic acids is 1. The van der Waals surface area contributed by atoms with Gasteiger partial charge in [-0.05, 0) is 55.9 Å². The molecule has 1 heterocycles. The highest BCUT2D eigenvalue weighted by molar-refractivity contribution is 7.99. The van der Waals surface area contributed by atoms with Crippen LogP contribution >= 0.6 is 11.8 Å². The highest BCUT2D eigenvalue weighted by atomic mass is 32.2. The molecule has 0 bridgehead atoms. The van der Waals surface area contributed by atoms with E-state index in [-0.39, 0.29) is 10.8 Å². The highest BCUT2D eigenvalue weighted by Crippen LogP contribution is 2.28. The van der Waals surface area contributed by atoms with Gasteiger partial charge in [0.2, 0.25) is 15.9 Å². The van der Waals surface area contributed by atoms with Crippen molar-refractivity contribution in [3.63, 3.8) is 0 Å². The number of hydrogen-bond donors (Lipinski definition) is 1. The first kappa shape index (κ1) is 23.4. The summed E-state index contributed by atoms with van der Waals surface area (Å²) in [5.74, 6) is 1.56. The van der Waals surface area contributed by atoms with E-state index in [4.69, 9.17) is 4.74 Å². The number of sulfonamides is 1. The zero-order chi connectivity index (χ0) is 21.4. The third-order valence-corrected chi connectivity index (χ3v) is 9.18. The monoisotopic (exact) mass is 454 g/mol. The minimum absolute atomic E-state index is 0.00546. The maximum Gasteiger partial charge on any atom is 0.243 e. The number of ether oxygens (including phenoxy) is 1. The van der Waals surface area contributed by atoms with Crippen molar-refractivity contribution in [3.05, 3.63) is 23.8 Å². The van der Waals surface area contributed by atoms with E-state index in [2.05, 4.69) is 5.32 Å². The fourth-order valence-electron chi connectivity index (χ4n) is 4.17. The first-order valence-corrected chi connectivity index (χ1v) is 13.5. The number of nitrogens with one attached hydrogen (secondary N) is 1. The smallest absolute Gasteiger partial charge is 0.243 e. The van der Waals surface area contributed by atoms with Gasteiger partial charge in [-0.15, -0.1) is 0 Å². The van der Waals surface area contributed by atoms with E-state index in [0.717, 1.165) is 29.4 Å². The van der Waals surface area contributed by atoms with Crippen molar-refractivity contribution >= 4 is 27.7 Å². The molecule has 0 unspecified atom stereocenters. The molecule has 30 heavy (non-hydrogen) atoms. The van der Waals surface area contributed by atoms with Gasteiger partial charge in [0.15, 0.2) is 0 Å². The van der Waals surface area contributed by atoms with Crippen LogP contribution in [0.3, 0.4) is 0 Å². The van der Waals surface area contributed by atoms with Crippen molar-refractivity contribution in [2.24, 2.45) is 0 Å². The van der Waals surface area contributed by atoms with E-state index < -0.39 is 10.0 Å². The number of amides is 1. The lowest BCUT2D eigenvalue weighted by Gasteiger charge is -2.20. The molecule has 2 fully saturated rings. The van der Waals surface area contributed by atoms with E-state index in [9.17, 15) is 13.2 Å². The number of nitrogens with zero attached hydrogens (tertiary/aromatic N) is 1. The van der Waals surface area contributed by atoms with Gasteiger partial charge >= 0.3 is 0 Å². The average Bonchev–Trinajstić information content (AvgIpc) is 3.32. The molecule has 1 saturated heterocycles. The Morgan fingerprint density at radius 2 is 1.90 bits per heavy atom. The van der Waals surface area contributed by atoms with Gasteiger partial charge in [0.25, 0.3) is 0 Å². The van der Waals surface area contributed by atoms with E-state index in [1.54, 1.807) is 25.3 Å².